The van der Waals surface area contributed by atoms with E-state index in [4.69, 9.17) is 4.74 Å². The van der Waals surface area contributed by atoms with Crippen LogP contribution in [-0.2, 0) is 4.74 Å². The monoisotopic (exact) mass is 236 g/mol. The van der Waals surface area contributed by atoms with Gasteiger partial charge in [-0.25, -0.2) is 8.78 Å². The molecule has 2 N–H and O–H groups in total. The molecule has 2 nitrogen and oxygen atoms in total. The Kier molecular flexibility index (Phi) is 5.12. The zero-order chi connectivity index (χ0) is 10.8. The Morgan fingerprint density at radius 1 is 1.06 bits per heavy atom. The fraction of sp³-hybridized carbons (Fsp3) is 1.00. The minimum Gasteiger partial charge on any atom is -0.412 e. The lowest BCUT2D eigenvalue weighted by atomic mass is 9.72. The third-order valence-corrected chi connectivity index (χ3v) is 4.01. The molecule has 1 heterocycles. The quantitative estimate of drug-likeness (QED) is 0.688. The van der Waals surface area contributed by atoms with Gasteiger partial charge in [0.2, 0.25) is 0 Å². The van der Waals surface area contributed by atoms with Crippen LogP contribution in [0.4, 0.5) is 8.78 Å². The largest absolute Gasteiger partial charge is 0.412 e. The summed E-state index contributed by atoms with van der Waals surface area (Å²) in [6, 6.07) is 0. The van der Waals surface area contributed by atoms with Gasteiger partial charge in [-0.2, -0.15) is 0 Å². The first-order valence-electron chi connectivity index (χ1n) is 6.06. The van der Waals surface area contributed by atoms with E-state index in [1.807, 2.05) is 6.92 Å². The van der Waals surface area contributed by atoms with Crippen LogP contribution in [0.15, 0.2) is 0 Å². The molecular weight excluding hydrogens is 214 g/mol. The summed E-state index contributed by atoms with van der Waals surface area (Å²) in [4.78, 5) is 0. The van der Waals surface area contributed by atoms with Gasteiger partial charge in [-0.05, 0) is 43.4 Å². The van der Waals surface area contributed by atoms with Crippen LogP contribution in [0.5, 0.6) is 0 Å². The van der Waals surface area contributed by atoms with Crippen LogP contribution in [0.25, 0.3) is 0 Å². The molecule has 0 bridgehead atoms. The molecule has 5 unspecified atom stereocenters. The normalized spacial score (nSPS) is 44.8. The number of halogens is 2. The zero-order valence-electron chi connectivity index (χ0n) is 9.79. The summed E-state index contributed by atoms with van der Waals surface area (Å²) in [5.74, 6) is 0.0387. The van der Waals surface area contributed by atoms with Crippen molar-refractivity contribution in [1.82, 2.24) is 0 Å². The third-order valence-electron chi connectivity index (χ3n) is 4.01. The van der Waals surface area contributed by atoms with Crippen molar-refractivity contribution in [1.29, 1.82) is 0 Å². The number of alkyl halides is 2. The highest BCUT2D eigenvalue weighted by molar-refractivity contribution is 4.90. The molecule has 0 spiro atoms. The first kappa shape index (κ1) is 13.8. The van der Waals surface area contributed by atoms with Gasteiger partial charge in [0.15, 0.2) is 0 Å². The van der Waals surface area contributed by atoms with Crippen molar-refractivity contribution in [2.24, 2.45) is 17.8 Å². The lowest BCUT2D eigenvalue weighted by molar-refractivity contribution is -0.0407. The predicted octanol–water partition coefficient (Wildman–Crippen LogP) is 2.31. The fourth-order valence-corrected chi connectivity index (χ4v) is 2.92. The SMILES string of the molecule is CC1CCC(C2CCCOC2)C(F)C1F.O. The Bertz CT molecular complexity index is 205. The van der Waals surface area contributed by atoms with Gasteiger partial charge >= 0.3 is 0 Å². The van der Waals surface area contributed by atoms with Crippen LogP contribution >= 0.6 is 0 Å². The molecule has 16 heavy (non-hydrogen) atoms. The van der Waals surface area contributed by atoms with Crippen LogP contribution in [0.1, 0.15) is 32.6 Å². The molecule has 0 aromatic rings. The molecule has 0 radical (unpaired) electrons. The maximum absolute atomic E-state index is 13.8. The Labute approximate surface area is 95.7 Å². The number of hydrogen-bond donors (Lipinski definition) is 0. The van der Waals surface area contributed by atoms with Crippen LogP contribution in [0.3, 0.4) is 0 Å². The van der Waals surface area contributed by atoms with E-state index in [0.717, 1.165) is 32.3 Å². The average molecular weight is 236 g/mol. The van der Waals surface area contributed by atoms with Gasteiger partial charge in [-0.3, -0.25) is 0 Å². The molecule has 1 aliphatic heterocycles. The standard InChI is InChI=1S/C12H20F2O.H2O/c1-8-4-5-10(12(14)11(8)13)9-3-2-6-15-7-9;/h8-12H,2-7H2,1H3;1H2. The topological polar surface area (TPSA) is 40.7 Å². The predicted molar refractivity (Wildman–Crippen MR) is 58.8 cm³/mol. The van der Waals surface area contributed by atoms with E-state index in [1.165, 1.54) is 0 Å². The summed E-state index contributed by atoms with van der Waals surface area (Å²) in [5, 5.41) is 0. The minimum absolute atomic E-state index is 0. The molecule has 1 saturated heterocycles. The molecule has 4 heteroatoms. The molecule has 2 fully saturated rings. The second-order valence-corrected chi connectivity index (χ2v) is 5.08. The first-order valence-corrected chi connectivity index (χ1v) is 6.06. The average Bonchev–Trinajstić information content (AvgIpc) is 2.27. The minimum atomic E-state index is -1.26. The number of rotatable bonds is 1. The highest BCUT2D eigenvalue weighted by atomic mass is 19.2. The van der Waals surface area contributed by atoms with E-state index in [0.29, 0.717) is 6.61 Å². The summed E-state index contributed by atoms with van der Waals surface area (Å²) < 4.78 is 32.8. The van der Waals surface area contributed by atoms with Crippen molar-refractivity contribution in [2.45, 2.75) is 45.0 Å². The van der Waals surface area contributed by atoms with Gasteiger partial charge in [-0.1, -0.05) is 6.92 Å². The molecule has 5 atom stereocenters. The first-order chi connectivity index (χ1) is 7.20. The number of hydrogen-bond acceptors (Lipinski definition) is 1. The van der Waals surface area contributed by atoms with Gasteiger partial charge in [-0.15, -0.1) is 0 Å². The molecule has 2 aliphatic rings. The van der Waals surface area contributed by atoms with Crippen molar-refractivity contribution in [3.63, 3.8) is 0 Å². The Morgan fingerprint density at radius 2 is 1.81 bits per heavy atom. The molecule has 96 valence electrons. The van der Waals surface area contributed by atoms with Crippen molar-refractivity contribution in [3.05, 3.63) is 0 Å². The molecule has 0 aromatic carbocycles. The lowest BCUT2D eigenvalue weighted by Crippen LogP contribution is -2.42. The van der Waals surface area contributed by atoms with Gasteiger partial charge < -0.3 is 10.2 Å². The summed E-state index contributed by atoms with van der Waals surface area (Å²) in [7, 11) is 0. The molecule has 0 amide bonds. The van der Waals surface area contributed by atoms with Crippen molar-refractivity contribution >= 4 is 0 Å². The van der Waals surface area contributed by atoms with Crippen molar-refractivity contribution < 1.29 is 19.0 Å². The molecule has 1 saturated carbocycles. The van der Waals surface area contributed by atoms with E-state index in [9.17, 15) is 8.78 Å². The smallest absolute Gasteiger partial charge is 0.135 e. The van der Waals surface area contributed by atoms with E-state index in [2.05, 4.69) is 0 Å². The van der Waals surface area contributed by atoms with E-state index >= 15 is 0 Å². The Hall–Kier alpha value is -0.220. The second kappa shape index (κ2) is 5.92. The summed E-state index contributed by atoms with van der Waals surface area (Å²) >= 11 is 0. The summed E-state index contributed by atoms with van der Waals surface area (Å²) in [6.45, 7) is 3.23. The van der Waals surface area contributed by atoms with E-state index in [1.54, 1.807) is 0 Å². The summed E-state index contributed by atoms with van der Waals surface area (Å²) in [6.07, 6.45) is 1.14. The van der Waals surface area contributed by atoms with Crippen LogP contribution in [-0.4, -0.2) is 31.0 Å². The van der Waals surface area contributed by atoms with Crippen LogP contribution in [0, 0.1) is 17.8 Å². The highest BCUT2D eigenvalue weighted by Crippen LogP contribution is 2.39. The second-order valence-electron chi connectivity index (χ2n) is 5.08. The fourth-order valence-electron chi connectivity index (χ4n) is 2.92. The van der Waals surface area contributed by atoms with E-state index in [-0.39, 0.29) is 23.2 Å². The molecule has 2 rings (SSSR count). The van der Waals surface area contributed by atoms with Gasteiger partial charge in [0.05, 0.1) is 0 Å². The maximum atomic E-state index is 13.8. The Balaban J connectivity index is 0.00000128. The van der Waals surface area contributed by atoms with Crippen LogP contribution in [0.2, 0.25) is 0 Å². The van der Waals surface area contributed by atoms with Gasteiger partial charge in [0, 0.05) is 13.2 Å². The van der Waals surface area contributed by atoms with Gasteiger partial charge in [0.1, 0.15) is 12.3 Å². The van der Waals surface area contributed by atoms with Crippen molar-refractivity contribution in [3.8, 4) is 0 Å². The molecule has 1 aliphatic carbocycles. The van der Waals surface area contributed by atoms with E-state index < -0.39 is 12.3 Å². The van der Waals surface area contributed by atoms with Gasteiger partial charge in [0.25, 0.3) is 0 Å². The number of ether oxygens (including phenoxy) is 1. The highest BCUT2D eigenvalue weighted by Gasteiger charge is 2.41. The Morgan fingerprint density at radius 3 is 2.44 bits per heavy atom. The zero-order valence-corrected chi connectivity index (χ0v) is 9.79. The summed E-state index contributed by atoms with van der Waals surface area (Å²) in [5.41, 5.74) is 0. The maximum Gasteiger partial charge on any atom is 0.135 e. The lowest BCUT2D eigenvalue weighted by Gasteiger charge is -2.39. The van der Waals surface area contributed by atoms with Crippen LogP contribution < -0.4 is 0 Å². The molecule has 0 aromatic heterocycles. The third kappa shape index (κ3) is 2.72. The van der Waals surface area contributed by atoms with Crippen molar-refractivity contribution in [2.75, 3.05) is 13.2 Å². The molecular formula is C12H22F2O2.